The fraction of sp³-hybridized carbons (Fsp3) is 0.636. The summed E-state index contributed by atoms with van der Waals surface area (Å²) in [6.07, 6.45) is 12.4. The van der Waals surface area contributed by atoms with Crippen molar-refractivity contribution < 1.29 is 9.53 Å². The maximum absolute atomic E-state index is 12.1. The molecule has 5 heteroatoms. The van der Waals surface area contributed by atoms with Gasteiger partial charge in [-0.25, -0.2) is 9.79 Å². The van der Waals surface area contributed by atoms with E-state index in [0.29, 0.717) is 18.2 Å². The van der Waals surface area contributed by atoms with Crippen LogP contribution in [-0.4, -0.2) is 30.0 Å². The Labute approximate surface area is 162 Å². The Morgan fingerprint density at radius 2 is 1.93 bits per heavy atom. The molecule has 4 rings (SSSR count). The van der Waals surface area contributed by atoms with Gasteiger partial charge in [-0.2, -0.15) is 0 Å². The Kier molecular flexibility index (Phi) is 5.37. The van der Waals surface area contributed by atoms with E-state index in [1.807, 2.05) is 25.1 Å². The van der Waals surface area contributed by atoms with Crippen molar-refractivity contribution in [2.75, 3.05) is 11.9 Å². The van der Waals surface area contributed by atoms with Gasteiger partial charge in [0.2, 0.25) is 0 Å². The van der Waals surface area contributed by atoms with Crippen LogP contribution < -0.4 is 10.6 Å². The normalized spacial score (nSPS) is 21.7. The molecule has 0 amide bonds. The molecule has 0 radical (unpaired) electrons. The number of esters is 1. The molecule has 2 fully saturated rings. The minimum atomic E-state index is -0.282. The summed E-state index contributed by atoms with van der Waals surface area (Å²) < 4.78 is 5.15. The van der Waals surface area contributed by atoms with Gasteiger partial charge < -0.3 is 15.4 Å². The molecular formula is C22H31N3O2. The lowest BCUT2D eigenvalue weighted by Gasteiger charge is -2.44. The standard InChI is InChI=1S/C22H31N3O2/c1-2-27-20(26)16-11-12-18-19(15-16)24-21(23-17-9-5-3-6-10-17)22(25-18)13-7-4-8-14-22/h11-12,15,17,25H,2-10,13-14H2,1H3,(H,23,24). The SMILES string of the molecule is CCOC(=O)c1ccc2c(c1)N=C(NC1CCCCC1)C1(CCCCC1)N2. The monoisotopic (exact) mass is 369 g/mol. The topological polar surface area (TPSA) is 62.7 Å². The molecule has 146 valence electrons. The molecule has 2 saturated carbocycles. The van der Waals surface area contributed by atoms with Crippen molar-refractivity contribution in [3.05, 3.63) is 23.8 Å². The quantitative estimate of drug-likeness (QED) is 0.741. The number of nitrogens with zero attached hydrogens (tertiary/aromatic N) is 1. The highest BCUT2D eigenvalue weighted by atomic mass is 16.5. The van der Waals surface area contributed by atoms with Gasteiger partial charge >= 0.3 is 5.97 Å². The van der Waals surface area contributed by atoms with E-state index in [2.05, 4.69) is 10.6 Å². The Balaban J connectivity index is 1.65. The van der Waals surface area contributed by atoms with Gasteiger partial charge in [0.1, 0.15) is 5.84 Å². The second-order valence-electron chi connectivity index (χ2n) is 8.16. The zero-order valence-corrected chi connectivity index (χ0v) is 16.4. The number of anilines is 1. The number of fused-ring (bicyclic) bond motifs is 1. The van der Waals surface area contributed by atoms with E-state index in [-0.39, 0.29) is 11.5 Å². The van der Waals surface area contributed by atoms with Crippen LogP contribution in [0.5, 0.6) is 0 Å². The first kappa shape index (κ1) is 18.3. The molecule has 27 heavy (non-hydrogen) atoms. The highest BCUT2D eigenvalue weighted by Crippen LogP contribution is 2.41. The van der Waals surface area contributed by atoms with E-state index in [9.17, 15) is 4.79 Å². The third kappa shape index (κ3) is 3.83. The molecule has 1 spiro atoms. The first-order valence-electron chi connectivity index (χ1n) is 10.7. The van der Waals surface area contributed by atoms with E-state index in [1.54, 1.807) is 0 Å². The highest BCUT2D eigenvalue weighted by Gasteiger charge is 2.41. The zero-order chi connectivity index (χ0) is 18.7. The fourth-order valence-electron chi connectivity index (χ4n) is 4.74. The fourth-order valence-corrected chi connectivity index (χ4v) is 4.74. The van der Waals surface area contributed by atoms with Crippen LogP contribution >= 0.6 is 0 Å². The van der Waals surface area contributed by atoms with Crippen LogP contribution in [0.4, 0.5) is 11.4 Å². The predicted octanol–water partition coefficient (Wildman–Crippen LogP) is 4.94. The maximum Gasteiger partial charge on any atom is 0.338 e. The number of hydrogen-bond donors (Lipinski definition) is 2. The van der Waals surface area contributed by atoms with Crippen LogP contribution in [0.2, 0.25) is 0 Å². The van der Waals surface area contributed by atoms with E-state index in [1.165, 1.54) is 51.4 Å². The summed E-state index contributed by atoms with van der Waals surface area (Å²) in [4.78, 5) is 17.2. The number of nitrogens with one attached hydrogen (secondary N) is 2. The maximum atomic E-state index is 12.1. The lowest BCUT2D eigenvalue weighted by atomic mass is 9.78. The number of rotatable bonds is 3. The molecule has 2 N–H and O–H groups in total. The molecule has 2 aliphatic carbocycles. The van der Waals surface area contributed by atoms with Crippen LogP contribution in [0.1, 0.15) is 81.5 Å². The second-order valence-corrected chi connectivity index (χ2v) is 8.16. The lowest BCUT2D eigenvalue weighted by molar-refractivity contribution is 0.0526. The van der Waals surface area contributed by atoms with Crippen molar-refractivity contribution in [1.82, 2.24) is 5.32 Å². The number of hydrogen-bond acceptors (Lipinski definition) is 5. The van der Waals surface area contributed by atoms with E-state index in [4.69, 9.17) is 9.73 Å². The van der Waals surface area contributed by atoms with Gasteiger partial charge in [-0.15, -0.1) is 0 Å². The largest absolute Gasteiger partial charge is 0.462 e. The molecule has 0 unspecified atom stereocenters. The van der Waals surface area contributed by atoms with E-state index in [0.717, 1.165) is 30.1 Å². The van der Waals surface area contributed by atoms with Crippen molar-refractivity contribution in [3.8, 4) is 0 Å². The van der Waals surface area contributed by atoms with Crippen LogP contribution in [0.25, 0.3) is 0 Å². The number of aliphatic imine (C=N–C) groups is 1. The molecule has 0 atom stereocenters. The molecule has 0 aromatic heterocycles. The number of benzene rings is 1. The van der Waals surface area contributed by atoms with Crippen molar-refractivity contribution in [1.29, 1.82) is 0 Å². The summed E-state index contributed by atoms with van der Waals surface area (Å²) in [6, 6.07) is 6.21. The first-order valence-corrected chi connectivity index (χ1v) is 10.7. The Morgan fingerprint density at radius 3 is 2.67 bits per heavy atom. The van der Waals surface area contributed by atoms with Crippen LogP contribution in [-0.2, 0) is 4.74 Å². The van der Waals surface area contributed by atoms with Crippen molar-refractivity contribution in [2.45, 2.75) is 82.7 Å². The highest BCUT2D eigenvalue weighted by molar-refractivity contribution is 6.02. The van der Waals surface area contributed by atoms with Crippen LogP contribution in [0.3, 0.4) is 0 Å². The third-order valence-electron chi connectivity index (χ3n) is 6.22. The third-order valence-corrected chi connectivity index (χ3v) is 6.22. The van der Waals surface area contributed by atoms with Gasteiger partial charge in [0.05, 0.1) is 29.1 Å². The average Bonchev–Trinajstić information content (AvgIpc) is 2.70. The summed E-state index contributed by atoms with van der Waals surface area (Å²) in [5.74, 6) is 0.804. The lowest BCUT2D eigenvalue weighted by Crippen LogP contribution is -2.57. The van der Waals surface area contributed by atoms with Crippen molar-refractivity contribution in [3.63, 3.8) is 0 Å². The Bertz CT molecular complexity index is 716. The Morgan fingerprint density at radius 1 is 1.19 bits per heavy atom. The molecule has 1 aromatic rings. The van der Waals surface area contributed by atoms with Gasteiger partial charge in [-0.3, -0.25) is 0 Å². The van der Waals surface area contributed by atoms with Crippen LogP contribution in [0.15, 0.2) is 23.2 Å². The molecule has 1 aliphatic heterocycles. The minimum absolute atomic E-state index is 0.0753. The predicted molar refractivity (Wildman–Crippen MR) is 109 cm³/mol. The van der Waals surface area contributed by atoms with E-state index >= 15 is 0 Å². The summed E-state index contributed by atoms with van der Waals surface area (Å²) in [5, 5.41) is 7.61. The molecule has 0 bridgehead atoms. The molecule has 1 heterocycles. The summed E-state index contributed by atoms with van der Waals surface area (Å²) in [7, 11) is 0. The zero-order valence-electron chi connectivity index (χ0n) is 16.4. The first-order chi connectivity index (χ1) is 13.2. The smallest absolute Gasteiger partial charge is 0.338 e. The van der Waals surface area contributed by atoms with Gasteiger partial charge in [-0.05, 0) is 50.8 Å². The average molecular weight is 370 g/mol. The summed E-state index contributed by atoms with van der Waals surface area (Å²) in [6.45, 7) is 2.21. The van der Waals surface area contributed by atoms with Gasteiger partial charge in [-0.1, -0.05) is 38.5 Å². The molecular weight excluding hydrogens is 338 g/mol. The number of amidine groups is 1. The van der Waals surface area contributed by atoms with Gasteiger partial charge in [0.15, 0.2) is 0 Å². The second kappa shape index (κ2) is 7.91. The molecule has 3 aliphatic rings. The van der Waals surface area contributed by atoms with Crippen molar-refractivity contribution in [2.24, 2.45) is 4.99 Å². The van der Waals surface area contributed by atoms with E-state index < -0.39 is 0 Å². The number of carbonyl (C=O) groups excluding carboxylic acids is 1. The van der Waals surface area contributed by atoms with Crippen LogP contribution in [0, 0.1) is 0 Å². The number of ether oxygens (including phenoxy) is 1. The van der Waals surface area contributed by atoms with Gasteiger partial charge in [0.25, 0.3) is 0 Å². The number of carbonyl (C=O) groups is 1. The minimum Gasteiger partial charge on any atom is -0.462 e. The Hall–Kier alpha value is -2.04. The van der Waals surface area contributed by atoms with Crippen molar-refractivity contribution >= 4 is 23.2 Å². The van der Waals surface area contributed by atoms with Gasteiger partial charge in [0, 0.05) is 6.04 Å². The molecule has 5 nitrogen and oxygen atoms in total. The summed E-state index contributed by atoms with van der Waals surface area (Å²) >= 11 is 0. The molecule has 1 aromatic carbocycles. The molecule has 0 saturated heterocycles. The summed E-state index contributed by atoms with van der Waals surface area (Å²) in [5.41, 5.74) is 2.36.